The number of hydrogen-bond acceptors (Lipinski definition) is 7. The molecule has 1 aliphatic heterocycles. The lowest BCUT2D eigenvalue weighted by Crippen LogP contribution is -2.29. The Hall–Kier alpha value is -4.17. The average molecular weight is 496 g/mol. The molecule has 35 heavy (non-hydrogen) atoms. The molecule has 0 spiro atoms. The Balaban J connectivity index is 1.97. The van der Waals surface area contributed by atoms with Crippen LogP contribution in [0.3, 0.4) is 0 Å². The summed E-state index contributed by atoms with van der Waals surface area (Å²) < 4.78 is 15.8. The first-order valence-electron chi connectivity index (χ1n) is 10.5. The fourth-order valence-electron chi connectivity index (χ4n) is 4.05. The zero-order valence-corrected chi connectivity index (χ0v) is 19.9. The van der Waals surface area contributed by atoms with Crippen LogP contribution in [-0.2, 0) is 9.59 Å². The van der Waals surface area contributed by atoms with Crippen LogP contribution in [0.2, 0.25) is 5.02 Å². The van der Waals surface area contributed by atoms with Gasteiger partial charge in [0.25, 0.3) is 11.7 Å². The number of carbonyl (C=O) groups excluding carboxylic acids is 2. The minimum atomic E-state index is -1.06. The van der Waals surface area contributed by atoms with Gasteiger partial charge in [-0.3, -0.25) is 14.5 Å². The number of Topliss-reactive ketones (excluding diaryl/α,β-unsaturated/α-hetero) is 1. The van der Waals surface area contributed by atoms with Crippen LogP contribution in [0.25, 0.3) is 5.76 Å². The summed E-state index contributed by atoms with van der Waals surface area (Å²) in [6, 6.07) is 14.4. The third-order valence-corrected chi connectivity index (χ3v) is 6.00. The highest BCUT2D eigenvalue weighted by molar-refractivity contribution is 6.52. The number of ketones is 1. The number of hydrogen-bond donors (Lipinski definition) is 2. The number of phenolic OH excluding ortho intramolecular Hbond substituents is 1. The maximum absolute atomic E-state index is 13.3. The fraction of sp³-hybridized carbons (Fsp3) is 0.154. The number of halogens is 1. The number of phenols is 1. The molecule has 1 fully saturated rings. The lowest BCUT2D eigenvalue weighted by atomic mass is 9.94. The minimum absolute atomic E-state index is 0.0668. The smallest absolute Gasteiger partial charge is 0.300 e. The molecular weight excluding hydrogens is 474 g/mol. The Morgan fingerprint density at radius 3 is 2.29 bits per heavy atom. The molecule has 0 radical (unpaired) electrons. The summed E-state index contributed by atoms with van der Waals surface area (Å²) in [5.41, 5.74) is 0.748. The lowest BCUT2D eigenvalue weighted by molar-refractivity contribution is -0.132. The number of rotatable bonds is 6. The van der Waals surface area contributed by atoms with Gasteiger partial charge in [-0.1, -0.05) is 23.7 Å². The van der Waals surface area contributed by atoms with Crippen LogP contribution in [0.15, 0.2) is 66.2 Å². The lowest BCUT2D eigenvalue weighted by Gasteiger charge is -2.26. The van der Waals surface area contributed by atoms with Crippen molar-refractivity contribution in [3.63, 3.8) is 0 Å². The van der Waals surface area contributed by atoms with Gasteiger partial charge in [0, 0.05) is 11.8 Å². The van der Waals surface area contributed by atoms with Gasteiger partial charge in [0.1, 0.15) is 28.8 Å². The minimum Gasteiger partial charge on any atom is -0.508 e. The molecule has 1 heterocycles. The SMILES string of the molecule is COc1ccc(/C(O)=C2/C(=O)C(=O)N(c3ccc(OC)c(Cl)c3)C2c2cccc(O)c2)c(OC)c1. The van der Waals surface area contributed by atoms with Crippen LogP contribution in [0.5, 0.6) is 23.0 Å². The van der Waals surface area contributed by atoms with Crippen molar-refractivity contribution in [2.45, 2.75) is 6.04 Å². The van der Waals surface area contributed by atoms with Crippen molar-refractivity contribution in [3.8, 4) is 23.0 Å². The van der Waals surface area contributed by atoms with Gasteiger partial charge < -0.3 is 24.4 Å². The number of amides is 1. The number of benzene rings is 3. The van der Waals surface area contributed by atoms with Crippen LogP contribution >= 0.6 is 11.6 Å². The molecule has 3 aromatic rings. The van der Waals surface area contributed by atoms with Gasteiger partial charge in [-0.2, -0.15) is 0 Å². The first kappa shape index (κ1) is 24.0. The highest BCUT2D eigenvalue weighted by Gasteiger charge is 2.47. The molecule has 4 rings (SSSR count). The van der Waals surface area contributed by atoms with Gasteiger partial charge in [-0.25, -0.2) is 0 Å². The second-order valence-corrected chi connectivity index (χ2v) is 8.06. The molecule has 1 atom stereocenters. The van der Waals surface area contributed by atoms with E-state index >= 15 is 0 Å². The summed E-state index contributed by atoms with van der Waals surface area (Å²) in [6.45, 7) is 0. The second kappa shape index (κ2) is 9.60. The monoisotopic (exact) mass is 495 g/mol. The summed E-state index contributed by atoms with van der Waals surface area (Å²) in [5, 5.41) is 21.7. The molecule has 1 aliphatic rings. The number of carbonyl (C=O) groups is 2. The predicted molar refractivity (Wildman–Crippen MR) is 130 cm³/mol. The number of aromatic hydroxyl groups is 1. The summed E-state index contributed by atoms with van der Waals surface area (Å²) in [7, 11) is 4.36. The van der Waals surface area contributed by atoms with E-state index in [1.807, 2.05) is 0 Å². The number of methoxy groups -OCH3 is 3. The van der Waals surface area contributed by atoms with E-state index in [0.29, 0.717) is 22.7 Å². The number of anilines is 1. The van der Waals surface area contributed by atoms with E-state index in [1.54, 1.807) is 36.4 Å². The second-order valence-electron chi connectivity index (χ2n) is 7.65. The number of aliphatic hydroxyl groups excluding tert-OH is 1. The zero-order chi connectivity index (χ0) is 25.3. The number of aliphatic hydroxyl groups is 1. The molecule has 3 aromatic carbocycles. The van der Waals surface area contributed by atoms with Gasteiger partial charge in [0.05, 0.1) is 43.5 Å². The van der Waals surface area contributed by atoms with Crippen molar-refractivity contribution in [2.75, 3.05) is 26.2 Å². The van der Waals surface area contributed by atoms with Crippen LogP contribution in [0.1, 0.15) is 17.2 Å². The van der Waals surface area contributed by atoms with Crippen molar-refractivity contribution in [1.82, 2.24) is 0 Å². The molecule has 180 valence electrons. The predicted octanol–water partition coefficient (Wildman–Crippen LogP) is 4.70. The normalized spacial score (nSPS) is 16.9. The fourth-order valence-corrected chi connectivity index (χ4v) is 4.31. The molecule has 1 unspecified atom stereocenters. The Kier molecular flexibility index (Phi) is 6.57. The van der Waals surface area contributed by atoms with Gasteiger partial charge in [-0.05, 0) is 48.0 Å². The summed E-state index contributed by atoms with van der Waals surface area (Å²) in [5.74, 6) is -1.15. The zero-order valence-electron chi connectivity index (χ0n) is 19.1. The Morgan fingerprint density at radius 1 is 0.914 bits per heavy atom. The summed E-state index contributed by atoms with van der Waals surface area (Å²) in [6.07, 6.45) is 0. The topological polar surface area (TPSA) is 106 Å². The highest BCUT2D eigenvalue weighted by Crippen LogP contribution is 2.45. The van der Waals surface area contributed by atoms with Gasteiger partial charge in [0.15, 0.2) is 0 Å². The highest BCUT2D eigenvalue weighted by atomic mass is 35.5. The van der Waals surface area contributed by atoms with Crippen LogP contribution < -0.4 is 19.1 Å². The maximum atomic E-state index is 13.3. The molecular formula is C26H22ClNO7. The number of ether oxygens (including phenoxy) is 3. The molecule has 0 aliphatic carbocycles. The van der Waals surface area contributed by atoms with Crippen molar-refractivity contribution >= 4 is 34.7 Å². The maximum Gasteiger partial charge on any atom is 0.300 e. The first-order chi connectivity index (χ1) is 16.8. The molecule has 1 amide bonds. The Bertz CT molecular complexity index is 1350. The van der Waals surface area contributed by atoms with Crippen molar-refractivity contribution < 1.29 is 34.0 Å². The van der Waals surface area contributed by atoms with E-state index in [1.165, 1.54) is 50.5 Å². The average Bonchev–Trinajstić information content (AvgIpc) is 3.13. The van der Waals surface area contributed by atoms with Crippen LogP contribution in [-0.4, -0.2) is 43.2 Å². The van der Waals surface area contributed by atoms with E-state index in [0.717, 1.165) is 0 Å². The van der Waals surface area contributed by atoms with Gasteiger partial charge in [0.2, 0.25) is 0 Å². The van der Waals surface area contributed by atoms with Crippen molar-refractivity contribution in [2.24, 2.45) is 0 Å². The van der Waals surface area contributed by atoms with E-state index in [2.05, 4.69) is 0 Å². The molecule has 0 bridgehead atoms. The Labute approximate surface area is 206 Å². The Morgan fingerprint density at radius 2 is 1.66 bits per heavy atom. The van der Waals surface area contributed by atoms with Gasteiger partial charge >= 0.3 is 0 Å². The third-order valence-electron chi connectivity index (χ3n) is 5.71. The molecule has 9 heteroatoms. The van der Waals surface area contributed by atoms with Crippen molar-refractivity contribution in [3.05, 3.63) is 82.4 Å². The van der Waals surface area contributed by atoms with E-state index in [-0.39, 0.29) is 27.7 Å². The number of nitrogens with zero attached hydrogens (tertiary/aromatic N) is 1. The molecule has 0 saturated carbocycles. The molecule has 0 aromatic heterocycles. The van der Waals surface area contributed by atoms with E-state index in [9.17, 15) is 19.8 Å². The largest absolute Gasteiger partial charge is 0.508 e. The first-order valence-corrected chi connectivity index (χ1v) is 10.8. The van der Waals surface area contributed by atoms with E-state index < -0.39 is 23.5 Å². The van der Waals surface area contributed by atoms with Crippen LogP contribution in [0, 0.1) is 0 Å². The third kappa shape index (κ3) is 4.24. The van der Waals surface area contributed by atoms with Gasteiger partial charge in [-0.15, -0.1) is 0 Å². The standard InChI is InChI=1S/C26H22ClNO7/c1-33-17-8-9-18(21(13-17)35-3)24(30)22-23(14-5-4-6-16(29)11-14)28(26(32)25(22)31)15-7-10-20(34-2)19(27)12-15/h4-13,23,29-30H,1-3H3/b24-22-. The summed E-state index contributed by atoms with van der Waals surface area (Å²) in [4.78, 5) is 27.8. The molecule has 1 saturated heterocycles. The van der Waals surface area contributed by atoms with Crippen molar-refractivity contribution in [1.29, 1.82) is 0 Å². The molecule has 2 N–H and O–H groups in total. The van der Waals surface area contributed by atoms with Crippen LogP contribution in [0.4, 0.5) is 5.69 Å². The molecule has 8 nitrogen and oxygen atoms in total. The summed E-state index contributed by atoms with van der Waals surface area (Å²) >= 11 is 6.30. The van der Waals surface area contributed by atoms with E-state index in [4.69, 9.17) is 25.8 Å². The quantitative estimate of drug-likeness (QED) is 0.290.